The van der Waals surface area contributed by atoms with Gasteiger partial charge in [0, 0.05) is 17.3 Å². The van der Waals surface area contributed by atoms with Gasteiger partial charge >= 0.3 is 0 Å². The summed E-state index contributed by atoms with van der Waals surface area (Å²) in [6, 6.07) is 7.60. The van der Waals surface area contributed by atoms with Crippen molar-refractivity contribution >= 4 is 22.5 Å². The lowest BCUT2D eigenvalue weighted by Gasteiger charge is -2.04. The molecule has 92 valence electrons. The van der Waals surface area contributed by atoms with Crippen molar-refractivity contribution in [3.8, 4) is 23.5 Å². The fraction of sp³-hybridized carbons (Fsp3) is 0. The average molecular weight is 249 g/mol. The van der Waals surface area contributed by atoms with E-state index in [1.54, 1.807) is 12.4 Å². The van der Waals surface area contributed by atoms with E-state index in [-0.39, 0.29) is 5.88 Å². The molecule has 0 aliphatic rings. The monoisotopic (exact) mass is 249 g/mol. The smallest absolute Gasteiger partial charge is 0.214 e. The van der Waals surface area contributed by atoms with Gasteiger partial charge < -0.3 is 15.9 Å². The third kappa shape index (κ3) is 1.69. The fourth-order valence-electron chi connectivity index (χ4n) is 2.09. The Hall–Kier alpha value is -2.93. The molecule has 3 aromatic rings. The van der Waals surface area contributed by atoms with E-state index in [1.807, 2.05) is 24.3 Å². The number of fused-ring (bicyclic) bond motifs is 1. The molecule has 0 aliphatic heterocycles. The number of anilines is 2. The van der Waals surface area contributed by atoms with Crippen molar-refractivity contribution in [1.29, 1.82) is 0 Å². The minimum absolute atomic E-state index is 0.206. The highest BCUT2D eigenvalue weighted by Gasteiger charge is 2.14. The zero-order chi connectivity index (χ0) is 13.4. The Kier molecular flexibility index (Phi) is 2.39. The van der Waals surface area contributed by atoms with Gasteiger partial charge in [-0.2, -0.15) is 0 Å². The SMILES string of the molecule is C#Cc1cccc(-c2cncc3oc(N)c(N)c23)c1. The predicted octanol–water partition coefficient (Wildman–Crippen LogP) is 2.64. The number of pyridine rings is 1. The Morgan fingerprint density at radius 3 is 2.84 bits per heavy atom. The molecule has 0 atom stereocenters. The quantitative estimate of drug-likeness (QED) is 0.650. The Balaban J connectivity index is 2.33. The standard InChI is InChI=1S/C15H11N3O/c1-2-9-4-3-5-10(6-9)11-7-18-8-12-13(11)14(16)15(17)19-12/h1,3-8H,16-17H2. The average Bonchev–Trinajstić information content (AvgIpc) is 2.74. The van der Waals surface area contributed by atoms with Gasteiger partial charge in [-0.1, -0.05) is 18.1 Å². The molecule has 0 saturated heterocycles. The zero-order valence-electron chi connectivity index (χ0n) is 10.1. The Bertz CT molecular complexity index is 812. The van der Waals surface area contributed by atoms with Crippen molar-refractivity contribution in [3.63, 3.8) is 0 Å². The first-order chi connectivity index (χ1) is 9.20. The summed E-state index contributed by atoms with van der Waals surface area (Å²) in [5, 5.41) is 0.765. The van der Waals surface area contributed by atoms with E-state index in [2.05, 4.69) is 10.9 Å². The van der Waals surface area contributed by atoms with Crippen LogP contribution in [0.4, 0.5) is 11.6 Å². The van der Waals surface area contributed by atoms with Crippen molar-refractivity contribution in [2.45, 2.75) is 0 Å². The summed E-state index contributed by atoms with van der Waals surface area (Å²) in [5.74, 6) is 2.81. The third-order valence-corrected chi connectivity index (χ3v) is 3.01. The maximum Gasteiger partial charge on any atom is 0.214 e. The molecular formula is C15H11N3O. The summed E-state index contributed by atoms with van der Waals surface area (Å²) in [6.45, 7) is 0. The van der Waals surface area contributed by atoms with Crippen LogP contribution in [-0.4, -0.2) is 4.98 Å². The van der Waals surface area contributed by atoms with Crippen molar-refractivity contribution in [3.05, 3.63) is 42.2 Å². The van der Waals surface area contributed by atoms with Crippen LogP contribution in [0.3, 0.4) is 0 Å². The van der Waals surface area contributed by atoms with Gasteiger partial charge in [0.15, 0.2) is 5.58 Å². The second-order valence-electron chi connectivity index (χ2n) is 4.17. The highest BCUT2D eigenvalue weighted by Crippen LogP contribution is 2.37. The number of benzene rings is 1. The number of hydrogen-bond donors (Lipinski definition) is 2. The Labute approximate surface area is 110 Å². The maximum atomic E-state index is 5.96. The maximum absolute atomic E-state index is 5.96. The van der Waals surface area contributed by atoms with Gasteiger partial charge in [-0.3, -0.25) is 4.98 Å². The van der Waals surface area contributed by atoms with E-state index in [0.717, 1.165) is 22.1 Å². The van der Waals surface area contributed by atoms with Crippen LogP contribution in [0.2, 0.25) is 0 Å². The fourth-order valence-corrected chi connectivity index (χ4v) is 2.09. The molecule has 4 nitrogen and oxygen atoms in total. The first-order valence-corrected chi connectivity index (χ1v) is 5.69. The van der Waals surface area contributed by atoms with Crippen molar-refractivity contribution in [2.24, 2.45) is 0 Å². The number of hydrogen-bond acceptors (Lipinski definition) is 4. The molecule has 0 unspecified atom stereocenters. The van der Waals surface area contributed by atoms with E-state index in [9.17, 15) is 0 Å². The van der Waals surface area contributed by atoms with Crippen molar-refractivity contribution in [1.82, 2.24) is 4.98 Å². The largest absolute Gasteiger partial charge is 0.437 e. The normalized spacial score (nSPS) is 10.5. The Morgan fingerprint density at radius 2 is 2.05 bits per heavy atom. The highest BCUT2D eigenvalue weighted by atomic mass is 16.3. The summed E-state index contributed by atoms with van der Waals surface area (Å²) in [6.07, 6.45) is 8.73. The van der Waals surface area contributed by atoms with E-state index in [1.165, 1.54) is 0 Å². The van der Waals surface area contributed by atoms with Crippen molar-refractivity contribution < 1.29 is 4.42 Å². The van der Waals surface area contributed by atoms with Gasteiger partial charge in [0.05, 0.1) is 11.6 Å². The van der Waals surface area contributed by atoms with Crippen LogP contribution < -0.4 is 11.5 Å². The van der Waals surface area contributed by atoms with Gasteiger partial charge in [0.25, 0.3) is 0 Å². The van der Waals surface area contributed by atoms with Crippen LogP contribution in [0.1, 0.15) is 5.56 Å². The number of nitrogens with zero attached hydrogens (tertiary/aromatic N) is 1. The molecule has 0 fully saturated rings. The highest BCUT2D eigenvalue weighted by molar-refractivity contribution is 6.04. The van der Waals surface area contributed by atoms with Crippen LogP contribution >= 0.6 is 0 Å². The second-order valence-corrected chi connectivity index (χ2v) is 4.17. The van der Waals surface area contributed by atoms with E-state index >= 15 is 0 Å². The number of aromatic nitrogens is 1. The van der Waals surface area contributed by atoms with E-state index < -0.39 is 0 Å². The lowest BCUT2D eigenvalue weighted by molar-refractivity contribution is 0.637. The van der Waals surface area contributed by atoms with Gasteiger partial charge in [-0.25, -0.2) is 0 Å². The van der Waals surface area contributed by atoms with Crippen LogP contribution in [0.15, 0.2) is 41.1 Å². The molecular weight excluding hydrogens is 238 g/mol. The number of nitrogen functional groups attached to an aromatic ring is 2. The topological polar surface area (TPSA) is 78.1 Å². The molecule has 0 saturated carbocycles. The molecule has 4 heteroatoms. The summed E-state index contributed by atoms with van der Waals surface area (Å²) < 4.78 is 5.37. The van der Waals surface area contributed by atoms with Gasteiger partial charge in [0.1, 0.15) is 5.69 Å². The van der Waals surface area contributed by atoms with Gasteiger partial charge in [0.2, 0.25) is 5.88 Å². The van der Waals surface area contributed by atoms with E-state index in [4.69, 9.17) is 22.3 Å². The number of terminal acetylenes is 1. The molecule has 3 rings (SSSR count). The number of nitrogens with two attached hydrogens (primary N) is 2. The van der Waals surface area contributed by atoms with Crippen LogP contribution in [0.25, 0.3) is 22.1 Å². The minimum Gasteiger partial charge on any atom is -0.437 e. The lowest BCUT2D eigenvalue weighted by atomic mass is 10.0. The molecule has 1 aromatic carbocycles. The van der Waals surface area contributed by atoms with Gasteiger partial charge in [-0.05, 0) is 17.7 Å². The van der Waals surface area contributed by atoms with Crippen molar-refractivity contribution in [2.75, 3.05) is 11.5 Å². The molecule has 4 N–H and O–H groups in total. The molecule has 2 aromatic heterocycles. The molecule has 2 heterocycles. The molecule has 0 spiro atoms. The number of furan rings is 1. The molecule has 0 radical (unpaired) electrons. The van der Waals surface area contributed by atoms with Crippen LogP contribution in [0, 0.1) is 12.3 Å². The minimum atomic E-state index is 0.206. The molecule has 0 bridgehead atoms. The van der Waals surface area contributed by atoms with Gasteiger partial charge in [-0.15, -0.1) is 6.42 Å². The van der Waals surface area contributed by atoms with Crippen LogP contribution in [-0.2, 0) is 0 Å². The summed E-state index contributed by atoms with van der Waals surface area (Å²) in [4.78, 5) is 4.14. The second kappa shape index (κ2) is 4.07. The summed E-state index contributed by atoms with van der Waals surface area (Å²) in [7, 11) is 0. The molecule has 19 heavy (non-hydrogen) atoms. The number of rotatable bonds is 1. The first-order valence-electron chi connectivity index (χ1n) is 5.69. The molecule has 0 aliphatic carbocycles. The lowest BCUT2D eigenvalue weighted by Crippen LogP contribution is -1.91. The van der Waals surface area contributed by atoms with E-state index in [0.29, 0.717) is 11.3 Å². The first kappa shape index (κ1) is 11.2. The zero-order valence-corrected chi connectivity index (χ0v) is 10.1. The molecule has 0 amide bonds. The summed E-state index contributed by atoms with van der Waals surface area (Å²) in [5.41, 5.74) is 15.2. The Morgan fingerprint density at radius 1 is 1.21 bits per heavy atom. The third-order valence-electron chi connectivity index (χ3n) is 3.01. The predicted molar refractivity (Wildman–Crippen MR) is 76.2 cm³/mol. The summed E-state index contributed by atoms with van der Waals surface area (Å²) >= 11 is 0. The van der Waals surface area contributed by atoms with Crippen LogP contribution in [0.5, 0.6) is 0 Å².